The lowest BCUT2D eigenvalue weighted by Crippen LogP contribution is -2.41. The van der Waals surface area contributed by atoms with E-state index in [1.54, 1.807) is 48.6 Å². The first-order valence-corrected chi connectivity index (χ1v) is 5.14. The summed E-state index contributed by atoms with van der Waals surface area (Å²) in [4.78, 5) is 0. The lowest BCUT2D eigenvalue weighted by molar-refractivity contribution is 0.0952. The molecule has 0 amide bonds. The Kier molecular flexibility index (Phi) is 2.81. The summed E-state index contributed by atoms with van der Waals surface area (Å²) in [7, 11) is 0. The average molecular weight is 218 g/mol. The first-order chi connectivity index (χ1) is 7.70. The van der Waals surface area contributed by atoms with E-state index < -0.39 is 11.5 Å². The molecular formula is C13H14O3. The fourth-order valence-electron chi connectivity index (χ4n) is 2.01. The average Bonchev–Trinajstić information content (AvgIpc) is 2.31. The van der Waals surface area contributed by atoms with Crippen molar-refractivity contribution < 1.29 is 15.3 Å². The molecule has 0 aromatic heterocycles. The molecule has 1 aromatic carbocycles. The summed E-state index contributed by atoms with van der Waals surface area (Å²) in [5.74, 6) is 0.0792. The van der Waals surface area contributed by atoms with Crippen LogP contribution in [0.25, 0.3) is 0 Å². The predicted octanol–water partition coefficient (Wildman–Crippen LogP) is 1.11. The third-order valence-corrected chi connectivity index (χ3v) is 2.99. The molecule has 1 aliphatic carbocycles. The van der Waals surface area contributed by atoms with Crippen LogP contribution in [0.15, 0.2) is 48.6 Å². The van der Waals surface area contributed by atoms with Crippen LogP contribution in [0.4, 0.5) is 0 Å². The molecule has 2 unspecified atom stereocenters. The number of aliphatic hydroxyl groups is 2. The molecule has 0 aliphatic heterocycles. The van der Waals surface area contributed by atoms with E-state index in [4.69, 9.17) is 0 Å². The van der Waals surface area contributed by atoms with E-state index in [1.807, 2.05) is 0 Å². The van der Waals surface area contributed by atoms with Crippen molar-refractivity contribution in [2.45, 2.75) is 11.5 Å². The second kappa shape index (κ2) is 4.12. The van der Waals surface area contributed by atoms with E-state index in [0.29, 0.717) is 5.56 Å². The van der Waals surface area contributed by atoms with Crippen molar-refractivity contribution in [2.24, 2.45) is 0 Å². The second-order valence-electron chi connectivity index (χ2n) is 3.90. The van der Waals surface area contributed by atoms with Gasteiger partial charge < -0.3 is 15.3 Å². The van der Waals surface area contributed by atoms with Crippen LogP contribution >= 0.6 is 0 Å². The minimum absolute atomic E-state index is 0.0792. The Morgan fingerprint density at radius 1 is 1.19 bits per heavy atom. The van der Waals surface area contributed by atoms with Crippen LogP contribution in [0.3, 0.4) is 0 Å². The van der Waals surface area contributed by atoms with Gasteiger partial charge in [-0.05, 0) is 6.07 Å². The van der Waals surface area contributed by atoms with Gasteiger partial charge in [-0.15, -0.1) is 0 Å². The summed E-state index contributed by atoms with van der Waals surface area (Å²) in [6, 6.07) is 6.73. The minimum Gasteiger partial charge on any atom is -0.508 e. The summed E-state index contributed by atoms with van der Waals surface area (Å²) in [6.07, 6.45) is 5.96. The molecule has 1 aromatic rings. The summed E-state index contributed by atoms with van der Waals surface area (Å²) in [5, 5.41) is 29.3. The maximum Gasteiger partial charge on any atom is 0.119 e. The van der Waals surface area contributed by atoms with Gasteiger partial charge in [0, 0.05) is 5.56 Å². The lowest BCUT2D eigenvalue weighted by atomic mass is 9.73. The van der Waals surface area contributed by atoms with Crippen LogP contribution < -0.4 is 0 Å². The highest BCUT2D eigenvalue weighted by Crippen LogP contribution is 2.37. The van der Waals surface area contributed by atoms with Crippen molar-refractivity contribution in [3.8, 4) is 5.75 Å². The minimum atomic E-state index is -0.944. The van der Waals surface area contributed by atoms with Gasteiger partial charge in [0.15, 0.2) is 0 Å². The van der Waals surface area contributed by atoms with Gasteiger partial charge in [0.25, 0.3) is 0 Å². The first-order valence-electron chi connectivity index (χ1n) is 5.14. The molecule has 84 valence electrons. The summed E-state index contributed by atoms with van der Waals surface area (Å²) >= 11 is 0. The molecule has 0 saturated carbocycles. The Bertz CT molecular complexity index is 437. The maximum atomic E-state index is 9.99. The Hall–Kier alpha value is -1.58. The number of phenols is 1. The van der Waals surface area contributed by atoms with Crippen molar-refractivity contribution in [1.82, 2.24) is 0 Å². The highest BCUT2D eigenvalue weighted by molar-refractivity contribution is 5.46. The molecule has 0 saturated heterocycles. The zero-order valence-electron chi connectivity index (χ0n) is 8.74. The number of benzene rings is 1. The number of aliphatic hydroxyl groups excluding tert-OH is 2. The molecule has 3 heteroatoms. The van der Waals surface area contributed by atoms with E-state index in [1.165, 1.54) is 0 Å². The fourth-order valence-corrected chi connectivity index (χ4v) is 2.01. The number of hydrogen-bond donors (Lipinski definition) is 3. The van der Waals surface area contributed by atoms with Gasteiger partial charge in [0.1, 0.15) is 5.75 Å². The fraction of sp³-hybridized carbons (Fsp3) is 0.231. The van der Waals surface area contributed by atoms with Crippen molar-refractivity contribution in [1.29, 1.82) is 0 Å². The molecule has 3 N–H and O–H groups in total. The quantitative estimate of drug-likeness (QED) is 0.697. The van der Waals surface area contributed by atoms with E-state index >= 15 is 0 Å². The maximum absolute atomic E-state index is 9.99. The van der Waals surface area contributed by atoms with Gasteiger partial charge in [-0.25, -0.2) is 0 Å². The summed E-state index contributed by atoms with van der Waals surface area (Å²) < 4.78 is 0. The van der Waals surface area contributed by atoms with Crippen LogP contribution in [0.5, 0.6) is 5.75 Å². The van der Waals surface area contributed by atoms with Crippen molar-refractivity contribution >= 4 is 0 Å². The molecule has 0 radical (unpaired) electrons. The molecule has 0 bridgehead atoms. The molecule has 2 atom stereocenters. The normalized spacial score (nSPS) is 28.2. The molecule has 0 fully saturated rings. The molecule has 0 heterocycles. The van der Waals surface area contributed by atoms with Gasteiger partial charge in [-0.3, -0.25) is 0 Å². The zero-order valence-corrected chi connectivity index (χ0v) is 8.74. The highest BCUT2D eigenvalue weighted by atomic mass is 16.3. The molecular weight excluding hydrogens is 204 g/mol. The Morgan fingerprint density at radius 2 is 1.94 bits per heavy atom. The second-order valence-corrected chi connectivity index (χ2v) is 3.90. The number of hydrogen-bond acceptors (Lipinski definition) is 3. The van der Waals surface area contributed by atoms with Crippen LogP contribution in [-0.2, 0) is 5.41 Å². The molecule has 0 spiro atoms. The standard InChI is InChI=1S/C13H14O3/c14-9-13(8-4-3-7-12(13)16)10-5-1-2-6-11(10)15/h1-8,12,14-16H,9H2. The van der Waals surface area contributed by atoms with Crippen LogP contribution in [-0.4, -0.2) is 28.0 Å². The molecule has 16 heavy (non-hydrogen) atoms. The number of allylic oxidation sites excluding steroid dienone is 2. The monoisotopic (exact) mass is 218 g/mol. The van der Waals surface area contributed by atoms with Crippen molar-refractivity contribution in [2.75, 3.05) is 6.61 Å². The number of rotatable bonds is 2. The summed E-state index contributed by atoms with van der Waals surface area (Å²) in [6.45, 7) is -0.257. The Morgan fingerprint density at radius 3 is 2.56 bits per heavy atom. The number of phenolic OH excluding ortho intramolecular Hbond substituents is 1. The number of para-hydroxylation sites is 1. The van der Waals surface area contributed by atoms with E-state index in [0.717, 1.165) is 0 Å². The van der Waals surface area contributed by atoms with Gasteiger partial charge in [-0.1, -0.05) is 42.5 Å². The lowest BCUT2D eigenvalue weighted by Gasteiger charge is -2.34. The largest absolute Gasteiger partial charge is 0.508 e. The predicted molar refractivity (Wildman–Crippen MR) is 61.2 cm³/mol. The smallest absolute Gasteiger partial charge is 0.119 e. The van der Waals surface area contributed by atoms with Gasteiger partial charge in [0.2, 0.25) is 0 Å². The van der Waals surface area contributed by atoms with E-state index in [-0.39, 0.29) is 12.4 Å². The summed E-state index contributed by atoms with van der Waals surface area (Å²) in [5.41, 5.74) is -0.411. The van der Waals surface area contributed by atoms with Crippen molar-refractivity contribution in [3.05, 3.63) is 54.1 Å². The van der Waals surface area contributed by atoms with E-state index in [9.17, 15) is 15.3 Å². The third-order valence-electron chi connectivity index (χ3n) is 2.99. The van der Waals surface area contributed by atoms with Gasteiger partial charge in [-0.2, -0.15) is 0 Å². The molecule has 3 nitrogen and oxygen atoms in total. The third kappa shape index (κ3) is 1.54. The SMILES string of the molecule is OCC1(c2ccccc2O)C=CC=CC1O. The van der Waals surface area contributed by atoms with Crippen molar-refractivity contribution in [3.63, 3.8) is 0 Å². The van der Waals surface area contributed by atoms with Crippen LogP contribution in [0.2, 0.25) is 0 Å². The Balaban J connectivity index is 2.54. The molecule has 1 aliphatic rings. The first kappa shape index (κ1) is 10.9. The van der Waals surface area contributed by atoms with Gasteiger partial charge in [0.05, 0.1) is 18.1 Å². The van der Waals surface area contributed by atoms with Crippen LogP contribution in [0.1, 0.15) is 5.56 Å². The topological polar surface area (TPSA) is 60.7 Å². The molecule has 2 rings (SSSR count). The van der Waals surface area contributed by atoms with Gasteiger partial charge >= 0.3 is 0 Å². The Labute approximate surface area is 94.0 Å². The highest BCUT2D eigenvalue weighted by Gasteiger charge is 2.38. The van der Waals surface area contributed by atoms with E-state index in [2.05, 4.69) is 0 Å². The number of aromatic hydroxyl groups is 1. The van der Waals surface area contributed by atoms with Crippen LogP contribution in [0, 0.1) is 0 Å². The zero-order chi connectivity index (χ0) is 11.6.